The Morgan fingerprint density at radius 3 is 2.32 bits per heavy atom. The quantitative estimate of drug-likeness (QED) is 0.664. The van der Waals surface area contributed by atoms with E-state index < -0.39 is 5.82 Å². The van der Waals surface area contributed by atoms with Gasteiger partial charge in [-0.25, -0.2) is 4.39 Å². The van der Waals surface area contributed by atoms with Crippen LogP contribution in [0.5, 0.6) is 11.5 Å². The molecule has 0 spiro atoms. The Morgan fingerprint density at radius 2 is 1.68 bits per heavy atom. The normalized spacial score (nSPS) is 14.2. The van der Waals surface area contributed by atoms with E-state index in [0.717, 1.165) is 5.75 Å². The summed E-state index contributed by atoms with van der Waals surface area (Å²) >= 11 is 0. The highest BCUT2D eigenvalue weighted by molar-refractivity contribution is 5.92. The van der Waals surface area contributed by atoms with Gasteiger partial charge in [-0.15, -0.1) is 0 Å². The molecular weight excluding hydrogens is 401 g/mol. The third-order valence-electron chi connectivity index (χ3n) is 4.92. The van der Waals surface area contributed by atoms with Gasteiger partial charge in [-0.3, -0.25) is 14.5 Å². The molecule has 0 radical (unpaired) electrons. The maximum atomic E-state index is 13.2. The van der Waals surface area contributed by atoms with Crippen molar-refractivity contribution >= 4 is 17.5 Å². The van der Waals surface area contributed by atoms with Gasteiger partial charge < -0.3 is 19.7 Å². The molecule has 7 nitrogen and oxygen atoms in total. The van der Waals surface area contributed by atoms with Gasteiger partial charge in [-0.1, -0.05) is 6.07 Å². The predicted molar refractivity (Wildman–Crippen MR) is 116 cm³/mol. The number of amides is 2. The summed E-state index contributed by atoms with van der Waals surface area (Å²) in [5, 5.41) is 2.69. The Hall–Kier alpha value is -3.13. The molecule has 1 heterocycles. The number of piperazine rings is 1. The lowest BCUT2D eigenvalue weighted by atomic mass is 10.2. The number of nitrogens with zero attached hydrogens (tertiary/aromatic N) is 2. The number of rotatable bonds is 9. The molecule has 0 aliphatic carbocycles. The fourth-order valence-electron chi connectivity index (χ4n) is 3.34. The Kier molecular flexibility index (Phi) is 8.23. The van der Waals surface area contributed by atoms with Gasteiger partial charge in [0.05, 0.1) is 26.2 Å². The van der Waals surface area contributed by atoms with Crippen molar-refractivity contribution in [3.63, 3.8) is 0 Å². The van der Waals surface area contributed by atoms with E-state index in [0.29, 0.717) is 57.3 Å². The monoisotopic (exact) mass is 429 g/mol. The molecule has 1 saturated heterocycles. The number of carbonyl (C=O) groups excluding carboxylic acids is 2. The van der Waals surface area contributed by atoms with Gasteiger partial charge >= 0.3 is 0 Å². The van der Waals surface area contributed by atoms with E-state index in [9.17, 15) is 14.0 Å². The van der Waals surface area contributed by atoms with Gasteiger partial charge in [-0.05, 0) is 49.4 Å². The second-order valence-electron chi connectivity index (χ2n) is 7.22. The summed E-state index contributed by atoms with van der Waals surface area (Å²) in [4.78, 5) is 28.4. The Labute approximate surface area is 181 Å². The van der Waals surface area contributed by atoms with E-state index in [4.69, 9.17) is 9.47 Å². The summed E-state index contributed by atoms with van der Waals surface area (Å²) in [7, 11) is 0. The molecule has 2 amide bonds. The van der Waals surface area contributed by atoms with Crippen molar-refractivity contribution < 1.29 is 23.5 Å². The van der Waals surface area contributed by atoms with E-state index in [1.165, 1.54) is 12.1 Å². The number of hydrogen-bond acceptors (Lipinski definition) is 5. The Morgan fingerprint density at radius 1 is 1.00 bits per heavy atom. The third kappa shape index (κ3) is 7.25. The number of hydrogen-bond donors (Lipinski definition) is 1. The van der Waals surface area contributed by atoms with Crippen molar-refractivity contribution in [2.45, 2.75) is 13.3 Å². The van der Waals surface area contributed by atoms with E-state index in [1.54, 1.807) is 17.0 Å². The molecule has 0 saturated carbocycles. The summed E-state index contributed by atoms with van der Waals surface area (Å²) in [6, 6.07) is 13.1. The van der Waals surface area contributed by atoms with Crippen LogP contribution in [0.25, 0.3) is 0 Å². The van der Waals surface area contributed by atoms with E-state index in [2.05, 4.69) is 5.32 Å². The fraction of sp³-hybridized carbons (Fsp3) is 0.391. The van der Waals surface area contributed by atoms with Crippen LogP contribution in [0, 0.1) is 5.82 Å². The van der Waals surface area contributed by atoms with Crippen molar-refractivity contribution in [2.75, 3.05) is 51.3 Å². The smallest absolute Gasteiger partial charge is 0.238 e. The summed E-state index contributed by atoms with van der Waals surface area (Å²) < 4.78 is 24.2. The molecule has 8 heteroatoms. The highest BCUT2D eigenvalue weighted by Crippen LogP contribution is 2.18. The minimum atomic E-state index is -0.392. The summed E-state index contributed by atoms with van der Waals surface area (Å²) in [6.07, 6.45) is 0.299. The van der Waals surface area contributed by atoms with Crippen LogP contribution in [0.2, 0.25) is 0 Å². The fourth-order valence-corrected chi connectivity index (χ4v) is 3.34. The molecule has 1 aliphatic heterocycles. The highest BCUT2D eigenvalue weighted by atomic mass is 19.1. The third-order valence-corrected chi connectivity index (χ3v) is 4.92. The van der Waals surface area contributed by atoms with Crippen LogP contribution in [-0.4, -0.2) is 67.6 Å². The average molecular weight is 429 g/mol. The van der Waals surface area contributed by atoms with E-state index in [-0.39, 0.29) is 18.4 Å². The maximum Gasteiger partial charge on any atom is 0.238 e. The molecule has 0 aromatic heterocycles. The zero-order chi connectivity index (χ0) is 22.1. The molecule has 1 aliphatic rings. The first-order valence-corrected chi connectivity index (χ1v) is 10.4. The van der Waals surface area contributed by atoms with Crippen LogP contribution in [0.4, 0.5) is 10.1 Å². The average Bonchev–Trinajstić information content (AvgIpc) is 2.75. The zero-order valence-electron chi connectivity index (χ0n) is 17.7. The zero-order valence-corrected chi connectivity index (χ0v) is 17.7. The van der Waals surface area contributed by atoms with Crippen molar-refractivity contribution in [1.29, 1.82) is 0 Å². The lowest BCUT2D eigenvalue weighted by Gasteiger charge is -2.34. The molecular formula is C23H28FN3O4. The number of halogens is 1. The molecule has 31 heavy (non-hydrogen) atoms. The minimum absolute atomic E-state index is 0.0369. The van der Waals surface area contributed by atoms with Gasteiger partial charge in [0, 0.05) is 31.9 Å². The van der Waals surface area contributed by atoms with Crippen LogP contribution in [0.1, 0.15) is 13.3 Å². The Balaban J connectivity index is 1.34. The second kappa shape index (κ2) is 11.3. The lowest BCUT2D eigenvalue weighted by molar-refractivity contribution is -0.133. The predicted octanol–water partition coefficient (Wildman–Crippen LogP) is 2.78. The largest absolute Gasteiger partial charge is 0.494 e. The minimum Gasteiger partial charge on any atom is -0.494 e. The van der Waals surface area contributed by atoms with Gasteiger partial charge in [0.2, 0.25) is 11.8 Å². The SMILES string of the molecule is CCOc1ccc(OCCC(=O)N2CCN(CC(=O)Nc3cccc(F)c3)CC2)cc1. The first-order valence-electron chi connectivity index (χ1n) is 10.4. The number of benzene rings is 2. The van der Waals surface area contributed by atoms with Crippen molar-refractivity contribution in [3.05, 3.63) is 54.3 Å². The van der Waals surface area contributed by atoms with E-state index in [1.807, 2.05) is 36.1 Å². The molecule has 166 valence electrons. The summed E-state index contributed by atoms with van der Waals surface area (Å²) in [6.45, 7) is 5.41. The van der Waals surface area contributed by atoms with Crippen molar-refractivity contribution in [3.8, 4) is 11.5 Å². The standard InChI is InChI=1S/C23H28FN3O4/c1-2-30-20-6-8-21(9-7-20)31-15-10-23(29)27-13-11-26(12-14-27)17-22(28)25-19-5-3-4-18(24)16-19/h3-9,16H,2,10-15,17H2,1H3,(H,25,28). The molecule has 0 unspecified atom stereocenters. The summed E-state index contributed by atoms with van der Waals surface area (Å²) in [5.41, 5.74) is 0.436. The van der Waals surface area contributed by atoms with Gasteiger partial charge in [0.15, 0.2) is 0 Å². The van der Waals surface area contributed by atoms with E-state index >= 15 is 0 Å². The topological polar surface area (TPSA) is 71.1 Å². The number of ether oxygens (including phenoxy) is 2. The first-order chi connectivity index (χ1) is 15.0. The molecule has 3 rings (SSSR count). The molecule has 0 atom stereocenters. The van der Waals surface area contributed by atoms with Crippen molar-refractivity contribution in [2.24, 2.45) is 0 Å². The van der Waals surface area contributed by atoms with Gasteiger partial charge in [0.1, 0.15) is 17.3 Å². The molecule has 0 bridgehead atoms. The first kappa shape index (κ1) is 22.6. The van der Waals surface area contributed by atoms with Crippen LogP contribution in [0.15, 0.2) is 48.5 Å². The van der Waals surface area contributed by atoms with Crippen LogP contribution in [0.3, 0.4) is 0 Å². The lowest BCUT2D eigenvalue weighted by Crippen LogP contribution is -2.50. The van der Waals surface area contributed by atoms with Gasteiger partial charge in [0.25, 0.3) is 0 Å². The van der Waals surface area contributed by atoms with Crippen LogP contribution >= 0.6 is 0 Å². The molecule has 1 N–H and O–H groups in total. The molecule has 1 fully saturated rings. The van der Waals surface area contributed by atoms with Crippen LogP contribution in [-0.2, 0) is 9.59 Å². The number of anilines is 1. The number of carbonyl (C=O) groups is 2. The van der Waals surface area contributed by atoms with Gasteiger partial charge in [-0.2, -0.15) is 0 Å². The highest BCUT2D eigenvalue weighted by Gasteiger charge is 2.22. The summed E-state index contributed by atoms with van der Waals surface area (Å²) in [5.74, 6) is 0.930. The second-order valence-corrected chi connectivity index (χ2v) is 7.22. The number of nitrogens with one attached hydrogen (secondary N) is 1. The Bertz CT molecular complexity index is 867. The maximum absolute atomic E-state index is 13.2. The van der Waals surface area contributed by atoms with Crippen molar-refractivity contribution in [1.82, 2.24) is 9.80 Å². The molecule has 2 aromatic rings. The molecule has 2 aromatic carbocycles. The van der Waals surface area contributed by atoms with Crippen LogP contribution < -0.4 is 14.8 Å².